The third-order valence-corrected chi connectivity index (χ3v) is 3.84. The monoisotopic (exact) mass is 368 g/mol. The number of amides is 1. The summed E-state index contributed by atoms with van der Waals surface area (Å²) < 4.78 is 27.3. The van der Waals surface area contributed by atoms with E-state index in [9.17, 15) is 13.6 Å². The summed E-state index contributed by atoms with van der Waals surface area (Å²) in [6, 6.07) is 10.2. The van der Waals surface area contributed by atoms with Gasteiger partial charge in [0.1, 0.15) is 11.6 Å². The molecular formula is C16H15BrF2N2O. The van der Waals surface area contributed by atoms with Gasteiger partial charge < -0.3 is 10.6 Å². The minimum Gasteiger partial charge on any atom is -0.324 e. The van der Waals surface area contributed by atoms with E-state index in [0.717, 1.165) is 10.5 Å². The van der Waals surface area contributed by atoms with Gasteiger partial charge in [0.05, 0.1) is 12.2 Å². The van der Waals surface area contributed by atoms with E-state index in [0.29, 0.717) is 11.3 Å². The lowest BCUT2D eigenvalue weighted by atomic mass is 10.1. The maximum Gasteiger partial charge on any atom is 0.238 e. The Balaban J connectivity index is 1.92. The lowest BCUT2D eigenvalue weighted by molar-refractivity contribution is -0.115. The molecule has 0 radical (unpaired) electrons. The molecular weight excluding hydrogens is 354 g/mol. The Kier molecular flexibility index (Phi) is 5.63. The number of carbonyl (C=O) groups excluding carboxylic acids is 1. The van der Waals surface area contributed by atoms with E-state index in [1.165, 1.54) is 12.1 Å². The molecule has 1 amide bonds. The summed E-state index contributed by atoms with van der Waals surface area (Å²) in [6.07, 6.45) is 0. The van der Waals surface area contributed by atoms with Gasteiger partial charge in [0.2, 0.25) is 5.91 Å². The van der Waals surface area contributed by atoms with Gasteiger partial charge in [-0.1, -0.05) is 18.2 Å². The number of rotatable bonds is 5. The van der Waals surface area contributed by atoms with Crippen molar-refractivity contribution in [1.29, 1.82) is 0 Å². The van der Waals surface area contributed by atoms with Crippen LogP contribution in [0.3, 0.4) is 0 Å². The van der Waals surface area contributed by atoms with Gasteiger partial charge in [0.25, 0.3) is 0 Å². The number of benzene rings is 2. The van der Waals surface area contributed by atoms with Gasteiger partial charge in [-0.2, -0.15) is 0 Å². The van der Waals surface area contributed by atoms with Crippen LogP contribution in [-0.4, -0.2) is 12.5 Å². The molecule has 2 aromatic carbocycles. The van der Waals surface area contributed by atoms with Crippen LogP contribution in [0.25, 0.3) is 0 Å². The van der Waals surface area contributed by atoms with Crippen LogP contribution in [0, 0.1) is 11.6 Å². The molecule has 0 bridgehead atoms. The topological polar surface area (TPSA) is 41.1 Å². The summed E-state index contributed by atoms with van der Waals surface area (Å²) in [5.74, 6) is -1.51. The Morgan fingerprint density at radius 2 is 1.95 bits per heavy atom. The van der Waals surface area contributed by atoms with Crippen molar-refractivity contribution in [2.45, 2.75) is 13.0 Å². The SMILES string of the molecule is C[C@@H](NCC(=O)Nc1ccccc1Br)c1ccc(F)cc1F. The predicted molar refractivity (Wildman–Crippen MR) is 85.5 cm³/mol. The molecule has 116 valence electrons. The highest BCUT2D eigenvalue weighted by Gasteiger charge is 2.13. The smallest absolute Gasteiger partial charge is 0.238 e. The van der Waals surface area contributed by atoms with Gasteiger partial charge in [0, 0.05) is 22.1 Å². The fraction of sp³-hybridized carbons (Fsp3) is 0.188. The molecule has 0 aliphatic heterocycles. The van der Waals surface area contributed by atoms with Gasteiger partial charge in [-0.3, -0.25) is 4.79 Å². The molecule has 0 aromatic heterocycles. The van der Waals surface area contributed by atoms with E-state index < -0.39 is 17.7 Å². The maximum atomic E-state index is 13.6. The van der Waals surface area contributed by atoms with Crippen molar-refractivity contribution in [1.82, 2.24) is 5.32 Å². The number of anilines is 1. The molecule has 6 heteroatoms. The fourth-order valence-electron chi connectivity index (χ4n) is 1.97. The van der Waals surface area contributed by atoms with Gasteiger partial charge in [-0.15, -0.1) is 0 Å². The normalized spacial score (nSPS) is 12.0. The Bertz CT molecular complexity index is 679. The molecule has 0 spiro atoms. The van der Waals surface area contributed by atoms with Crippen LogP contribution in [0.5, 0.6) is 0 Å². The number of hydrogen-bond donors (Lipinski definition) is 2. The van der Waals surface area contributed by atoms with E-state index >= 15 is 0 Å². The van der Waals surface area contributed by atoms with Crippen LogP contribution in [0.15, 0.2) is 46.9 Å². The fourth-order valence-corrected chi connectivity index (χ4v) is 2.35. The molecule has 0 saturated carbocycles. The highest BCUT2D eigenvalue weighted by Crippen LogP contribution is 2.21. The predicted octanol–water partition coefficient (Wildman–Crippen LogP) is 4.02. The second-order valence-corrected chi connectivity index (χ2v) is 5.65. The van der Waals surface area contributed by atoms with E-state index in [4.69, 9.17) is 0 Å². The van der Waals surface area contributed by atoms with Crippen LogP contribution in [0.2, 0.25) is 0 Å². The van der Waals surface area contributed by atoms with Crippen molar-refractivity contribution < 1.29 is 13.6 Å². The quantitative estimate of drug-likeness (QED) is 0.836. The molecule has 2 N–H and O–H groups in total. The number of para-hydroxylation sites is 1. The summed E-state index contributed by atoms with van der Waals surface area (Å²) in [4.78, 5) is 11.9. The third-order valence-electron chi connectivity index (χ3n) is 3.15. The Hall–Kier alpha value is -1.79. The number of halogens is 3. The first-order valence-electron chi connectivity index (χ1n) is 6.70. The molecule has 0 aliphatic carbocycles. The lowest BCUT2D eigenvalue weighted by Gasteiger charge is -2.15. The van der Waals surface area contributed by atoms with Crippen molar-refractivity contribution in [3.8, 4) is 0 Å². The van der Waals surface area contributed by atoms with E-state index in [1.54, 1.807) is 13.0 Å². The van der Waals surface area contributed by atoms with Crippen molar-refractivity contribution in [3.63, 3.8) is 0 Å². The van der Waals surface area contributed by atoms with Crippen molar-refractivity contribution in [2.75, 3.05) is 11.9 Å². The molecule has 2 aromatic rings. The Morgan fingerprint density at radius 1 is 1.23 bits per heavy atom. The average molecular weight is 369 g/mol. The van der Waals surface area contributed by atoms with Crippen LogP contribution in [0.1, 0.15) is 18.5 Å². The van der Waals surface area contributed by atoms with Crippen LogP contribution in [0.4, 0.5) is 14.5 Å². The highest BCUT2D eigenvalue weighted by molar-refractivity contribution is 9.10. The van der Waals surface area contributed by atoms with Crippen molar-refractivity contribution in [3.05, 3.63) is 64.1 Å². The van der Waals surface area contributed by atoms with Gasteiger partial charge in [0.15, 0.2) is 0 Å². The average Bonchev–Trinajstić information content (AvgIpc) is 2.47. The molecule has 22 heavy (non-hydrogen) atoms. The maximum absolute atomic E-state index is 13.6. The first-order chi connectivity index (χ1) is 10.5. The second-order valence-electron chi connectivity index (χ2n) is 4.80. The largest absolute Gasteiger partial charge is 0.324 e. The van der Waals surface area contributed by atoms with Gasteiger partial charge in [-0.05, 0) is 41.1 Å². The lowest BCUT2D eigenvalue weighted by Crippen LogP contribution is -2.30. The Morgan fingerprint density at radius 3 is 2.64 bits per heavy atom. The van der Waals surface area contributed by atoms with E-state index in [2.05, 4.69) is 26.6 Å². The molecule has 2 rings (SSSR count). The second kappa shape index (κ2) is 7.47. The standard InChI is InChI=1S/C16H15BrF2N2O/c1-10(12-7-6-11(18)8-14(12)19)20-9-16(22)21-15-5-3-2-4-13(15)17/h2-8,10,20H,9H2,1H3,(H,21,22)/t10-/m1/s1. The van der Waals surface area contributed by atoms with Gasteiger partial charge in [-0.25, -0.2) is 8.78 Å². The van der Waals surface area contributed by atoms with Crippen molar-refractivity contribution >= 4 is 27.5 Å². The first kappa shape index (κ1) is 16.6. The number of nitrogens with one attached hydrogen (secondary N) is 2. The molecule has 0 aliphatic rings. The van der Waals surface area contributed by atoms with Crippen LogP contribution >= 0.6 is 15.9 Å². The minimum absolute atomic E-state index is 0.0132. The highest BCUT2D eigenvalue weighted by atomic mass is 79.9. The van der Waals surface area contributed by atoms with Crippen LogP contribution in [-0.2, 0) is 4.79 Å². The summed E-state index contributed by atoms with van der Waals surface area (Å²) in [5.41, 5.74) is 0.977. The van der Waals surface area contributed by atoms with Crippen molar-refractivity contribution in [2.24, 2.45) is 0 Å². The Labute approximate surface area is 135 Å². The first-order valence-corrected chi connectivity index (χ1v) is 7.49. The summed E-state index contributed by atoms with van der Waals surface area (Å²) >= 11 is 3.34. The zero-order chi connectivity index (χ0) is 16.1. The van der Waals surface area contributed by atoms with Gasteiger partial charge >= 0.3 is 0 Å². The minimum atomic E-state index is -0.633. The zero-order valence-corrected chi connectivity index (χ0v) is 13.5. The number of carbonyl (C=O) groups is 1. The molecule has 0 saturated heterocycles. The summed E-state index contributed by atoms with van der Waals surface area (Å²) in [5, 5.41) is 5.65. The molecule has 3 nitrogen and oxygen atoms in total. The van der Waals surface area contributed by atoms with E-state index in [-0.39, 0.29) is 12.5 Å². The zero-order valence-electron chi connectivity index (χ0n) is 11.9. The molecule has 0 fully saturated rings. The summed E-state index contributed by atoms with van der Waals surface area (Å²) in [7, 11) is 0. The number of hydrogen-bond acceptors (Lipinski definition) is 2. The molecule has 1 atom stereocenters. The molecule has 0 unspecified atom stereocenters. The molecule has 0 heterocycles. The van der Waals surface area contributed by atoms with E-state index in [1.807, 2.05) is 18.2 Å². The third kappa shape index (κ3) is 4.35. The summed E-state index contributed by atoms with van der Waals surface area (Å²) in [6.45, 7) is 1.72. The van der Waals surface area contributed by atoms with Crippen LogP contribution < -0.4 is 10.6 Å².